The molecule has 0 atom stereocenters. The number of halogens is 2. The second-order valence-corrected chi connectivity index (χ2v) is 7.49. The van der Waals surface area contributed by atoms with Gasteiger partial charge in [0.05, 0.1) is 13.1 Å². The Bertz CT molecular complexity index is 885. The minimum atomic E-state index is -0.395. The van der Waals surface area contributed by atoms with E-state index >= 15 is 0 Å². The van der Waals surface area contributed by atoms with Crippen molar-refractivity contribution in [1.82, 2.24) is 14.7 Å². The van der Waals surface area contributed by atoms with Crippen LogP contribution in [0.3, 0.4) is 0 Å². The number of carbonyl (C=O) groups is 2. The third kappa shape index (κ3) is 6.60. The Balaban J connectivity index is 1.39. The molecule has 0 aliphatic carbocycles. The van der Waals surface area contributed by atoms with Gasteiger partial charge in [-0.3, -0.25) is 19.4 Å². The Morgan fingerprint density at radius 2 is 1.53 bits per heavy atom. The summed E-state index contributed by atoms with van der Waals surface area (Å²) < 4.78 is 26.5. The lowest BCUT2D eigenvalue weighted by Gasteiger charge is -2.34. The number of hydrogen-bond donors (Lipinski definition) is 1. The lowest BCUT2D eigenvalue weighted by Crippen LogP contribution is -2.51. The van der Waals surface area contributed by atoms with E-state index in [4.69, 9.17) is 0 Å². The SMILES string of the molecule is CN(Cc1cccc(F)c1)C(=O)CN1CCN(CC(=O)Nc2cccc(F)c2)CC1. The Labute approximate surface area is 175 Å². The van der Waals surface area contributed by atoms with Gasteiger partial charge >= 0.3 is 0 Å². The summed E-state index contributed by atoms with van der Waals surface area (Å²) in [4.78, 5) is 30.3. The van der Waals surface area contributed by atoms with E-state index < -0.39 is 5.82 Å². The highest BCUT2D eigenvalue weighted by molar-refractivity contribution is 5.92. The van der Waals surface area contributed by atoms with Crippen LogP contribution in [0.4, 0.5) is 14.5 Å². The predicted octanol–water partition coefficient (Wildman–Crippen LogP) is 2.18. The van der Waals surface area contributed by atoms with Crippen molar-refractivity contribution in [3.8, 4) is 0 Å². The van der Waals surface area contributed by atoms with Crippen molar-refractivity contribution in [3.63, 3.8) is 0 Å². The van der Waals surface area contributed by atoms with E-state index in [1.807, 2.05) is 9.80 Å². The third-order valence-corrected chi connectivity index (χ3v) is 5.03. The van der Waals surface area contributed by atoms with Gasteiger partial charge in [0.2, 0.25) is 11.8 Å². The fourth-order valence-electron chi connectivity index (χ4n) is 3.38. The number of anilines is 1. The minimum absolute atomic E-state index is 0.0310. The molecule has 160 valence electrons. The van der Waals surface area contributed by atoms with Gasteiger partial charge < -0.3 is 10.2 Å². The van der Waals surface area contributed by atoms with Gasteiger partial charge in [-0.15, -0.1) is 0 Å². The van der Waals surface area contributed by atoms with Crippen LogP contribution in [0.25, 0.3) is 0 Å². The molecule has 1 fully saturated rings. The summed E-state index contributed by atoms with van der Waals surface area (Å²) >= 11 is 0. The van der Waals surface area contributed by atoms with Crippen molar-refractivity contribution in [1.29, 1.82) is 0 Å². The maximum atomic E-state index is 13.3. The maximum absolute atomic E-state index is 13.3. The maximum Gasteiger partial charge on any atom is 0.238 e. The number of hydrogen-bond acceptors (Lipinski definition) is 4. The number of rotatable bonds is 7. The van der Waals surface area contributed by atoms with Gasteiger partial charge in [-0.25, -0.2) is 8.78 Å². The largest absolute Gasteiger partial charge is 0.340 e. The zero-order chi connectivity index (χ0) is 21.5. The number of likely N-dealkylation sites (N-methyl/N-ethyl adjacent to an activating group) is 1. The first kappa shape index (κ1) is 21.9. The summed E-state index contributed by atoms with van der Waals surface area (Å²) in [5.74, 6) is -0.934. The normalized spacial score (nSPS) is 15.0. The summed E-state index contributed by atoms with van der Waals surface area (Å²) in [7, 11) is 1.71. The van der Waals surface area contributed by atoms with E-state index in [1.165, 1.54) is 24.3 Å². The molecule has 3 rings (SSSR count). The van der Waals surface area contributed by atoms with Crippen molar-refractivity contribution in [2.75, 3.05) is 51.6 Å². The summed E-state index contributed by atoms with van der Waals surface area (Å²) in [6.07, 6.45) is 0. The average Bonchev–Trinajstić information content (AvgIpc) is 2.69. The number of carbonyl (C=O) groups excluding carboxylic acids is 2. The monoisotopic (exact) mass is 416 g/mol. The number of amides is 2. The van der Waals surface area contributed by atoms with Crippen LogP contribution in [0.2, 0.25) is 0 Å². The van der Waals surface area contributed by atoms with Crippen molar-refractivity contribution in [2.24, 2.45) is 0 Å². The Kier molecular flexibility index (Phi) is 7.48. The predicted molar refractivity (Wildman–Crippen MR) is 111 cm³/mol. The van der Waals surface area contributed by atoms with Crippen LogP contribution in [-0.4, -0.2) is 72.8 Å². The van der Waals surface area contributed by atoms with Crippen LogP contribution in [0.15, 0.2) is 48.5 Å². The second kappa shape index (κ2) is 10.3. The van der Waals surface area contributed by atoms with Crippen molar-refractivity contribution < 1.29 is 18.4 Å². The van der Waals surface area contributed by atoms with Crippen molar-refractivity contribution in [3.05, 3.63) is 65.7 Å². The molecule has 1 N–H and O–H groups in total. The molecule has 6 nitrogen and oxygen atoms in total. The molecule has 0 unspecified atom stereocenters. The molecule has 1 aliphatic rings. The van der Waals surface area contributed by atoms with E-state index in [0.717, 1.165) is 5.56 Å². The Hall–Kier alpha value is -2.84. The third-order valence-electron chi connectivity index (χ3n) is 5.03. The Morgan fingerprint density at radius 1 is 0.933 bits per heavy atom. The molecule has 2 aromatic rings. The number of nitrogens with zero attached hydrogens (tertiary/aromatic N) is 3. The summed E-state index contributed by atoms with van der Waals surface area (Å²) in [5, 5.41) is 2.69. The number of piperazine rings is 1. The quantitative estimate of drug-likeness (QED) is 0.752. The first-order valence-corrected chi connectivity index (χ1v) is 9.87. The first-order chi connectivity index (χ1) is 14.4. The molecule has 30 heavy (non-hydrogen) atoms. The Morgan fingerprint density at radius 3 is 2.17 bits per heavy atom. The minimum Gasteiger partial charge on any atom is -0.340 e. The molecule has 0 saturated carbocycles. The van der Waals surface area contributed by atoms with Gasteiger partial charge in [0.15, 0.2) is 0 Å². The lowest BCUT2D eigenvalue weighted by molar-refractivity contribution is -0.132. The standard InChI is InChI=1S/C22H26F2N4O2/c1-26(14-17-4-2-5-18(23)12-17)22(30)16-28-10-8-27(9-11-28)15-21(29)25-20-7-3-6-19(24)13-20/h2-7,12-13H,8-11,14-16H2,1H3,(H,25,29). The van der Waals surface area contributed by atoms with E-state index in [9.17, 15) is 18.4 Å². The lowest BCUT2D eigenvalue weighted by atomic mass is 10.2. The highest BCUT2D eigenvalue weighted by atomic mass is 19.1. The first-order valence-electron chi connectivity index (χ1n) is 9.87. The van der Waals surface area contributed by atoms with Gasteiger partial charge in [0, 0.05) is 45.5 Å². The van der Waals surface area contributed by atoms with Crippen LogP contribution >= 0.6 is 0 Å². The molecule has 0 radical (unpaired) electrons. The molecule has 0 bridgehead atoms. The van der Waals surface area contributed by atoms with Crippen molar-refractivity contribution >= 4 is 17.5 Å². The fraction of sp³-hybridized carbons (Fsp3) is 0.364. The molecule has 8 heteroatoms. The van der Waals surface area contributed by atoms with E-state index in [-0.39, 0.29) is 30.7 Å². The summed E-state index contributed by atoms with van der Waals surface area (Å²) in [6, 6.07) is 12.0. The van der Waals surface area contributed by atoms with Gasteiger partial charge in [-0.05, 0) is 35.9 Å². The zero-order valence-corrected chi connectivity index (χ0v) is 17.0. The fourth-order valence-corrected chi connectivity index (χ4v) is 3.38. The van der Waals surface area contributed by atoms with Crippen LogP contribution in [0.1, 0.15) is 5.56 Å². The van der Waals surface area contributed by atoms with E-state index in [0.29, 0.717) is 38.4 Å². The topological polar surface area (TPSA) is 55.9 Å². The molecule has 1 aliphatic heterocycles. The zero-order valence-electron chi connectivity index (χ0n) is 17.0. The van der Waals surface area contributed by atoms with Gasteiger partial charge in [-0.2, -0.15) is 0 Å². The molecule has 1 heterocycles. The van der Waals surface area contributed by atoms with E-state index in [2.05, 4.69) is 5.32 Å². The molecule has 1 saturated heterocycles. The van der Waals surface area contributed by atoms with E-state index in [1.54, 1.807) is 36.2 Å². The van der Waals surface area contributed by atoms with Crippen LogP contribution in [-0.2, 0) is 16.1 Å². The summed E-state index contributed by atoms with van der Waals surface area (Å²) in [6.45, 7) is 3.54. The van der Waals surface area contributed by atoms with Gasteiger partial charge in [0.25, 0.3) is 0 Å². The molecular formula is C22H26F2N4O2. The highest BCUT2D eigenvalue weighted by Crippen LogP contribution is 2.10. The number of nitrogens with one attached hydrogen (secondary N) is 1. The molecular weight excluding hydrogens is 390 g/mol. The highest BCUT2D eigenvalue weighted by Gasteiger charge is 2.22. The smallest absolute Gasteiger partial charge is 0.238 e. The molecule has 2 amide bonds. The molecule has 2 aromatic carbocycles. The van der Waals surface area contributed by atoms with Crippen molar-refractivity contribution in [2.45, 2.75) is 6.54 Å². The van der Waals surface area contributed by atoms with Gasteiger partial charge in [0.1, 0.15) is 11.6 Å². The average molecular weight is 416 g/mol. The summed E-state index contributed by atoms with van der Waals surface area (Å²) in [5.41, 5.74) is 1.19. The second-order valence-electron chi connectivity index (χ2n) is 7.49. The molecule has 0 aromatic heterocycles. The number of benzene rings is 2. The van der Waals surface area contributed by atoms with Crippen LogP contribution in [0.5, 0.6) is 0 Å². The van der Waals surface area contributed by atoms with Crippen LogP contribution < -0.4 is 5.32 Å². The van der Waals surface area contributed by atoms with Crippen LogP contribution in [0, 0.1) is 11.6 Å². The molecule has 0 spiro atoms. The van der Waals surface area contributed by atoms with Gasteiger partial charge in [-0.1, -0.05) is 18.2 Å².